The van der Waals surface area contributed by atoms with Gasteiger partial charge in [-0.2, -0.15) is 4.99 Å². The number of aliphatic carboxylic acids is 1. The molecule has 1 heterocycles. The van der Waals surface area contributed by atoms with Crippen molar-refractivity contribution in [1.82, 2.24) is 5.32 Å². The van der Waals surface area contributed by atoms with E-state index in [-0.39, 0.29) is 29.2 Å². The third-order valence-corrected chi connectivity index (χ3v) is 3.89. The minimum absolute atomic E-state index is 0.152. The van der Waals surface area contributed by atoms with E-state index in [9.17, 15) is 19.1 Å². The molecule has 23 heavy (non-hydrogen) atoms. The second-order valence-corrected chi connectivity index (χ2v) is 5.73. The summed E-state index contributed by atoms with van der Waals surface area (Å²) in [5.74, 6) is -2.32. The number of carbonyl (C=O) groups is 2. The van der Waals surface area contributed by atoms with Crippen LogP contribution in [0.2, 0.25) is 0 Å². The van der Waals surface area contributed by atoms with Crippen molar-refractivity contribution in [3.63, 3.8) is 0 Å². The van der Waals surface area contributed by atoms with Crippen LogP contribution in [0.1, 0.15) is 12.0 Å². The Labute approximate surface area is 135 Å². The number of rotatable bonds is 5. The average Bonchev–Trinajstić information content (AvgIpc) is 2.83. The standard InChI is InChI=1S/C14H14FN3O4S/c15-8-1-2-10(19)7(5-8)6-11-12(20)18-14(23-11)17-4-3-9(16)13(21)22/h1-2,5-6,9,19H,3-4,16H2,(H,21,22)(H,17,18,20)/b11-6-/t9-/m0/s1. The van der Waals surface area contributed by atoms with Gasteiger partial charge in [0.05, 0.1) is 4.91 Å². The molecule has 1 amide bonds. The number of thioether (sulfide) groups is 1. The third-order valence-electron chi connectivity index (χ3n) is 2.95. The van der Waals surface area contributed by atoms with Crippen molar-refractivity contribution in [3.8, 4) is 5.75 Å². The molecule has 2 rings (SSSR count). The number of nitrogens with zero attached hydrogens (tertiary/aromatic N) is 1. The number of aliphatic imine (C=N–C) groups is 1. The van der Waals surface area contributed by atoms with Crippen molar-refractivity contribution in [2.45, 2.75) is 12.5 Å². The van der Waals surface area contributed by atoms with Crippen LogP contribution in [0, 0.1) is 5.82 Å². The Balaban J connectivity index is 1.98. The number of aromatic hydroxyl groups is 1. The minimum atomic E-state index is -1.11. The smallest absolute Gasteiger partial charge is 0.320 e. The SMILES string of the molecule is N[C@@H](CCNC1=NC(=O)/C(=C/c2cc(F)ccc2O)S1)C(=O)O. The summed E-state index contributed by atoms with van der Waals surface area (Å²) in [4.78, 5) is 26.3. The van der Waals surface area contributed by atoms with Gasteiger partial charge >= 0.3 is 5.97 Å². The molecular formula is C14H14FN3O4S. The Morgan fingerprint density at radius 1 is 1.52 bits per heavy atom. The first kappa shape index (κ1) is 17.0. The van der Waals surface area contributed by atoms with Crippen LogP contribution >= 0.6 is 11.8 Å². The Morgan fingerprint density at radius 2 is 2.26 bits per heavy atom. The third kappa shape index (κ3) is 4.54. The molecule has 0 unspecified atom stereocenters. The molecule has 1 aliphatic rings. The molecule has 0 saturated carbocycles. The van der Waals surface area contributed by atoms with Gasteiger partial charge in [-0.15, -0.1) is 0 Å². The molecule has 1 aromatic carbocycles. The van der Waals surface area contributed by atoms with Crippen LogP contribution in [-0.4, -0.2) is 39.8 Å². The first-order valence-electron chi connectivity index (χ1n) is 6.60. The van der Waals surface area contributed by atoms with E-state index in [0.717, 1.165) is 23.9 Å². The van der Waals surface area contributed by atoms with Gasteiger partial charge in [-0.3, -0.25) is 9.59 Å². The zero-order valence-electron chi connectivity index (χ0n) is 11.8. The number of carboxylic acids is 1. The molecule has 0 spiro atoms. The number of halogens is 1. The molecule has 7 nitrogen and oxygen atoms in total. The number of phenolic OH excluding ortho intramolecular Hbond substituents is 1. The lowest BCUT2D eigenvalue weighted by atomic mass is 10.2. The van der Waals surface area contributed by atoms with E-state index in [2.05, 4.69) is 10.3 Å². The number of carboxylic acid groups (broad SMARTS) is 1. The first-order chi connectivity index (χ1) is 10.9. The van der Waals surface area contributed by atoms with E-state index in [1.54, 1.807) is 0 Å². The van der Waals surface area contributed by atoms with Gasteiger partial charge in [-0.25, -0.2) is 4.39 Å². The molecule has 0 fully saturated rings. The summed E-state index contributed by atoms with van der Waals surface area (Å²) in [5.41, 5.74) is 5.53. The fourth-order valence-corrected chi connectivity index (χ4v) is 2.56. The van der Waals surface area contributed by atoms with E-state index in [1.807, 2.05) is 0 Å². The molecule has 0 bridgehead atoms. The van der Waals surface area contributed by atoms with E-state index in [4.69, 9.17) is 10.8 Å². The molecule has 9 heteroatoms. The summed E-state index contributed by atoms with van der Waals surface area (Å²) in [6.07, 6.45) is 1.51. The molecule has 1 atom stereocenters. The first-order valence-corrected chi connectivity index (χ1v) is 7.42. The molecule has 5 N–H and O–H groups in total. The van der Waals surface area contributed by atoms with E-state index >= 15 is 0 Å². The monoisotopic (exact) mass is 339 g/mol. The summed E-state index contributed by atoms with van der Waals surface area (Å²) in [6, 6.07) is 2.41. The molecule has 0 aliphatic carbocycles. The van der Waals surface area contributed by atoms with Crippen LogP contribution in [0.25, 0.3) is 6.08 Å². The predicted octanol–water partition coefficient (Wildman–Crippen LogP) is 0.893. The van der Waals surface area contributed by atoms with Crippen LogP contribution < -0.4 is 11.1 Å². The van der Waals surface area contributed by atoms with Crippen LogP contribution in [0.5, 0.6) is 5.75 Å². The van der Waals surface area contributed by atoms with Gasteiger partial charge in [-0.1, -0.05) is 0 Å². The Bertz CT molecular complexity index is 705. The molecule has 1 aliphatic heterocycles. The zero-order chi connectivity index (χ0) is 17.0. The van der Waals surface area contributed by atoms with Gasteiger partial charge in [-0.05, 0) is 42.5 Å². The number of hydrogen-bond acceptors (Lipinski definition) is 6. The Morgan fingerprint density at radius 3 is 2.96 bits per heavy atom. The van der Waals surface area contributed by atoms with Crippen molar-refractivity contribution in [1.29, 1.82) is 0 Å². The van der Waals surface area contributed by atoms with Crippen molar-refractivity contribution in [2.24, 2.45) is 10.7 Å². The van der Waals surface area contributed by atoms with Crippen molar-refractivity contribution in [2.75, 3.05) is 6.54 Å². The fraction of sp³-hybridized carbons (Fsp3) is 0.214. The molecule has 122 valence electrons. The van der Waals surface area contributed by atoms with Crippen molar-refractivity contribution in [3.05, 3.63) is 34.5 Å². The number of amides is 1. The molecule has 1 aromatic rings. The highest BCUT2D eigenvalue weighted by Gasteiger charge is 2.22. The Kier molecular flexibility index (Phi) is 5.35. The van der Waals surface area contributed by atoms with Crippen molar-refractivity contribution >= 4 is 34.9 Å². The van der Waals surface area contributed by atoms with Crippen LogP contribution in [0.3, 0.4) is 0 Å². The maximum atomic E-state index is 13.2. The van der Waals surface area contributed by atoms with Crippen molar-refractivity contribution < 1.29 is 24.2 Å². The highest BCUT2D eigenvalue weighted by atomic mass is 32.2. The Hall–Kier alpha value is -2.39. The zero-order valence-corrected chi connectivity index (χ0v) is 12.6. The summed E-state index contributed by atoms with van der Waals surface area (Å²) in [7, 11) is 0. The summed E-state index contributed by atoms with van der Waals surface area (Å²) in [6.45, 7) is 0.241. The maximum Gasteiger partial charge on any atom is 0.320 e. The largest absolute Gasteiger partial charge is 0.507 e. The van der Waals surface area contributed by atoms with Crippen LogP contribution in [0.4, 0.5) is 4.39 Å². The summed E-state index contributed by atoms with van der Waals surface area (Å²) in [5, 5.41) is 21.4. The second-order valence-electron chi connectivity index (χ2n) is 4.70. The van der Waals surface area contributed by atoms with E-state index in [1.165, 1.54) is 12.1 Å². The lowest BCUT2D eigenvalue weighted by molar-refractivity contribution is -0.138. The quantitative estimate of drug-likeness (QED) is 0.587. The van der Waals surface area contributed by atoms with Crippen LogP contribution in [-0.2, 0) is 9.59 Å². The fourth-order valence-electron chi connectivity index (χ4n) is 1.73. The number of carbonyl (C=O) groups excluding carboxylic acids is 1. The van der Waals surface area contributed by atoms with Gasteiger partial charge < -0.3 is 21.3 Å². The maximum absolute atomic E-state index is 13.2. The number of amidine groups is 1. The van der Waals surface area contributed by atoms with Gasteiger partial charge in [0.25, 0.3) is 5.91 Å². The number of benzene rings is 1. The van der Waals surface area contributed by atoms with Gasteiger partial charge in [0, 0.05) is 12.1 Å². The van der Waals surface area contributed by atoms with E-state index < -0.39 is 23.7 Å². The number of nitrogens with two attached hydrogens (primary N) is 1. The highest BCUT2D eigenvalue weighted by Crippen LogP contribution is 2.30. The predicted molar refractivity (Wildman–Crippen MR) is 84.3 cm³/mol. The lowest BCUT2D eigenvalue weighted by Crippen LogP contribution is -2.34. The number of hydrogen-bond donors (Lipinski definition) is 4. The summed E-state index contributed by atoms with van der Waals surface area (Å²) < 4.78 is 13.2. The topological polar surface area (TPSA) is 125 Å². The molecule has 0 saturated heterocycles. The van der Waals surface area contributed by atoms with Gasteiger partial charge in [0.15, 0.2) is 5.17 Å². The molecular weight excluding hydrogens is 325 g/mol. The second kappa shape index (κ2) is 7.25. The van der Waals surface area contributed by atoms with Gasteiger partial charge in [0.1, 0.15) is 17.6 Å². The van der Waals surface area contributed by atoms with Gasteiger partial charge in [0.2, 0.25) is 0 Å². The average molecular weight is 339 g/mol. The minimum Gasteiger partial charge on any atom is -0.507 e. The summed E-state index contributed by atoms with van der Waals surface area (Å²) >= 11 is 1.02. The number of phenols is 1. The normalized spacial score (nSPS) is 17.2. The van der Waals surface area contributed by atoms with E-state index in [0.29, 0.717) is 5.17 Å². The lowest BCUT2D eigenvalue weighted by Gasteiger charge is -2.07. The number of nitrogens with one attached hydrogen (secondary N) is 1. The molecule has 0 aromatic heterocycles. The van der Waals surface area contributed by atoms with Crippen LogP contribution in [0.15, 0.2) is 28.1 Å². The molecule has 0 radical (unpaired) electrons. The highest BCUT2D eigenvalue weighted by molar-refractivity contribution is 8.18.